The number of aromatic nitrogens is 3. The number of ether oxygens (including phenoxy) is 2. The van der Waals surface area contributed by atoms with Crippen LogP contribution in [0.1, 0.15) is 23.1 Å². The predicted octanol–water partition coefficient (Wildman–Crippen LogP) is 4.19. The lowest BCUT2D eigenvalue weighted by Crippen LogP contribution is -2.23. The minimum Gasteiger partial charge on any atom is -0.494 e. The summed E-state index contributed by atoms with van der Waals surface area (Å²) in [6, 6.07) is 10.8. The van der Waals surface area contributed by atoms with Crippen LogP contribution in [-0.4, -0.2) is 28.3 Å². The van der Waals surface area contributed by atoms with Gasteiger partial charge in [0.05, 0.1) is 25.1 Å². The Labute approximate surface area is 167 Å². The van der Waals surface area contributed by atoms with E-state index in [1.165, 1.54) is 6.07 Å². The second kappa shape index (κ2) is 6.63. The van der Waals surface area contributed by atoms with E-state index in [-0.39, 0.29) is 5.82 Å². The third kappa shape index (κ3) is 2.77. The van der Waals surface area contributed by atoms with E-state index >= 15 is 0 Å². The van der Waals surface area contributed by atoms with E-state index in [2.05, 4.69) is 9.55 Å². The average Bonchev–Trinajstić information content (AvgIpc) is 3.34. The van der Waals surface area contributed by atoms with Gasteiger partial charge in [-0.15, -0.1) is 0 Å². The van der Waals surface area contributed by atoms with Crippen molar-refractivity contribution in [3.8, 4) is 17.1 Å². The van der Waals surface area contributed by atoms with E-state index in [1.807, 2.05) is 30.5 Å². The molecule has 0 radical (unpaired) electrons. The van der Waals surface area contributed by atoms with Crippen molar-refractivity contribution >= 4 is 16.6 Å². The summed E-state index contributed by atoms with van der Waals surface area (Å²) < 4.78 is 27.6. The smallest absolute Gasteiger partial charge is 0.151 e. The van der Waals surface area contributed by atoms with Gasteiger partial charge >= 0.3 is 0 Å². The van der Waals surface area contributed by atoms with Gasteiger partial charge in [-0.3, -0.25) is 0 Å². The SMILES string of the molecule is COc1c(N)ccc2[nH]c(-c3cn4c(n3)C(c3cccc(F)c3C)OCC4)cc12. The first-order valence-electron chi connectivity index (χ1n) is 9.46. The van der Waals surface area contributed by atoms with Crippen molar-refractivity contribution in [1.82, 2.24) is 14.5 Å². The van der Waals surface area contributed by atoms with E-state index in [0.717, 1.165) is 33.7 Å². The van der Waals surface area contributed by atoms with Crippen LogP contribution in [0.25, 0.3) is 22.3 Å². The van der Waals surface area contributed by atoms with Gasteiger partial charge in [0.2, 0.25) is 0 Å². The van der Waals surface area contributed by atoms with E-state index in [0.29, 0.717) is 30.2 Å². The molecule has 1 unspecified atom stereocenters. The summed E-state index contributed by atoms with van der Waals surface area (Å²) >= 11 is 0. The van der Waals surface area contributed by atoms with Crippen LogP contribution in [-0.2, 0) is 11.3 Å². The number of nitrogens with zero attached hydrogens (tertiary/aromatic N) is 2. The first kappa shape index (κ1) is 17.8. The van der Waals surface area contributed by atoms with Gasteiger partial charge < -0.3 is 24.8 Å². The summed E-state index contributed by atoms with van der Waals surface area (Å²) in [6.45, 7) is 3.01. The zero-order valence-electron chi connectivity index (χ0n) is 16.2. The zero-order chi connectivity index (χ0) is 20.1. The Morgan fingerprint density at radius 3 is 3.00 bits per heavy atom. The van der Waals surface area contributed by atoms with Crippen molar-refractivity contribution < 1.29 is 13.9 Å². The molecular formula is C22H21FN4O2. The average molecular weight is 392 g/mol. The molecule has 3 N–H and O–H groups in total. The molecule has 3 heterocycles. The number of rotatable bonds is 3. The standard InChI is InChI=1S/C22H21FN4O2/c1-12-13(4-3-5-15(12)23)21-22-26-19(11-27(22)8-9-29-21)18-10-14-17(25-18)7-6-16(24)20(14)28-2/h3-7,10-11,21,25H,8-9,24H2,1-2H3. The molecule has 0 spiro atoms. The van der Waals surface area contributed by atoms with Gasteiger partial charge in [0.25, 0.3) is 0 Å². The lowest BCUT2D eigenvalue weighted by atomic mass is 10.0. The number of hydrogen-bond donors (Lipinski definition) is 2. The summed E-state index contributed by atoms with van der Waals surface area (Å²) in [5, 5.41) is 0.905. The molecule has 1 atom stereocenters. The van der Waals surface area contributed by atoms with Crippen molar-refractivity contribution in [2.24, 2.45) is 0 Å². The van der Waals surface area contributed by atoms with Crippen LogP contribution < -0.4 is 10.5 Å². The number of halogens is 1. The van der Waals surface area contributed by atoms with Gasteiger partial charge in [0.15, 0.2) is 5.75 Å². The normalized spacial score (nSPS) is 16.2. The second-order valence-corrected chi connectivity index (χ2v) is 7.21. The van der Waals surface area contributed by atoms with Gasteiger partial charge in [-0.2, -0.15) is 0 Å². The van der Waals surface area contributed by atoms with Crippen LogP contribution in [0.15, 0.2) is 42.6 Å². The highest BCUT2D eigenvalue weighted by molar-refractivity contribution is 5.94. The quantitative estimate of drug-likeness (QED) is 0.513. The van der Waals surface area contributed by atoms with Gasteiger partial charge in [-0.05, 0) is 42.3 Å². The lowest BCUT2D eigenvalue weighted by molar-refractivity contribution is 0.0424. The topological polar surface area (TPSA) is 78.1 Å². The second-order valence-electron chi connectivity index (χ2n) is 7.21. The Morgan fingerprint density at radius 2 is 2.17 bits per heavy atom. The number of nitrogens with two attached hydrogens (primary N) is 1. The number of H-pyrrole nitrogens is 1. The summed E-state index contributed by atoms with van der Waals surface area (Å²) in [5.41, 5.74) is 10.6. The predicted molar refractivity (Wildman–Crippen MR) is 109 cm³/mol. The van der Waals surface area contributed by atoms with Crippen LogP contribution in [0, 0.1) is 12.7 Å². The Kier molecular flexibility index (Phi) is 4.06. The summed E-state index contributed by atoms with van der Waals surface area (Å²) in [6.07, 6.45) is 1.60. The first-order chi connectivity index (χ1) is 14.1. The van der Waals surface area contributed by atoms with Crippen LogP contribution >= 0.6 is 0 Å². The molecule has 2 aromatic heterocycles. The monoisotopic (exact) mass is 392 g/mol. The highest BCUT2D eigenvalue weighted by atomic mass is 19.1. The fourth-order valence-electron chi connectivity index (χ4n) is 3.99. The third-order valence-electron chi connectivity index (χ3n) is 5.52. The summed E-state index contributed by atoms with van der Waals surface area (Å²) in [4.78, 5) is 8.22. The molecule has 7 heteroatoms. The number of hydrogen-bond acceptors (Lipinski definition) is 4. The third-order valence-corrected chi connectivity index (χ3v) is 5.52. The van der Waals surface area contributed by atoms with Gasteiger partial charge in [0, 0.05) is 23.6 Å². The molecule has 5 rings (SSSR count). The number of nitrogens with one attached hydrogen (secondary N) is 1. The zero-order valence-corrected chi connectivity index (χ0v) is 16.2. The van der Waals surface area contributed by atoms with E-state index < -0.39 is 6.10 Å². The van der Waals surface area contributed by atoms with Crippen LogP contribution in [0.2, 0.25) is 0 Å². The van der Waals surface area contributed by atoms with Gasteiger partial charge in [0.1, 0.15) is 23.4 Å². The molecule has 29 heavy (non-hydrogen) atoms. The first-order valence-corrected chi connectivity index (χ1v) is 9.46. The minimum atomic E-state index is -0.400. The number of benzene rings is 2. The van der Waals surface area contributed by atoms with Gasteiger partial charge in [-0.1, -0.05) is 12.1 Å². The molecule has 0 saturated carbocycles. The number of nitrogen functional groups attached to an aromatic ring is 1. The lowest BCUT2D eigenvalue weighted by Gasteiger charge is -2.25. The molecule has 0 amide bonds. The van der Waals surface area contributed by atoms with E-state index in [1.54, 1.807) is 20.1 Å². The van der Waals surface area contributed by atoms with Crippen LogP contribution in [0.4, 0.5) is 10.1 Å². The Bertz CT molecular complexity index is 1230. The number of anilines is 1. The Hall–Kier alpha value is -3.32. The largest absolute Gasteiger partial charge is 0.494 e. The number of methoxy groups -OCH3 is 1. The molecule has 6 nitrogen and oxygen atoms in total. The maximum Gasteiger partial charge on any atom is 0.151 e. The van der Waals surface area contributed by atoms with Crippen LogP contribution in [0.3, 0.4) is 0 Å². The molecule has 0 bridgehead atoms. The van der Waals surface area contributed by atoms with Crippen molar-refractivity contribution in [2.75, 3.05) is 19.5 Å². The number of imidazole rings is 1. The number of fused-ring (bicyclic) bond motifs is 2. The van der Waals surface area contributed by atoms with E-state index in [9.17, 15) is 4.39 Å². The Balaban J connectivity index is 1.61. The number of aromatic amines is 1. The molecule has 1 aliphatic rings. The van der Waals surface area contributed by atoms with Crippen LogP contribution in [0.5, 0.6) is 5.75 Å². The summed E-state index contributed by atoms with van der Waals surface area (Å²) in [5.74, 6) is 1.17. The fraction of sp³-hybridized carbons (Fsp3) is 0.227. The van der Waals surface area contributed by atoms with Crippen molar-refractivity contribution in [2.45, 2.75) is 19.6 Å². The fourth-order valence-corrected chi connectivity index (χ4v) is 3.99. The molecule has 0 fully saturated rings. The Morgan fingerprint density at radius 1 is 1.31 bits per heavy atom. The molecule has 2 aromatic carbocycles. The molecule has 148 valence electrons. The highest BCUT2D eigenvalue weighted by Crippen LogP contribution is 2.37. The maximum atomic E-state index is 14.1. The summed E-state index contributed by atoms with van der Waals surface area (Å²) in [7, 11) is 1.61. The highest BCUT2D eigenvalue weighted by Gasteiger charge is 2.28. The van der Waals surface area contributed by atoms with E-state index in [4.69, 9.17) is 20.2 Å². The van der Waals surface area contributed by atoms with Gasteiger partial charge in [-0.25, -0.2) is 9.37 Å². The maximum absolute atomic E-state index is 14.1. The van der Waals surface area contributed by atoms with Crippen molar-refractivity contribution in [3.05, 3.63) is 65.4 Å². The molecular weight excluding hydrogens is 371 g/mol. The molecule has 4 aromatic rings. The molecule has 0 saturated heterocycles. The van der Waals surface area contributed by atoms with Crippen molar-refractivity contribution in [3.63, 3.8) is 0 Å². The molecule has 1 aliphatic heterocycles. The van der Waals surface area contributed by atoms with Crippen molar-refractivity contribution in [1.29, 1.82) is 0 Å². The molecule has 0 aliphatic carbocycles. The minimum absolute atomic E-state index is 0.240.